The Kier molecular flexibility index (Phi) is 5.48. The molecule has 0 aliphatic heterocycles. The Balaban J connectivity index is 1.96. The summed E-state index contributed by atoms with van der Waals surface area (Å²) >= 11 is 0. The van der Waals surface area contributed by atoms with Crippen LogP contribution in [0.2, 0.25) is 0 Å². The van der Waals surface area contributed by atoms with Crippen LogP contribution in [0.3, 0.4) is 0 Å². The number of carbonyl (C=O) groups excluding carboxylic acids is 2. The average Bonchev–Trinajstić information content (AvgIpc) is 2.70. The number of nitrogens with one attached hydrogen (secondary N) is 1. The van der Waals surface area contributed by atoms with Gasteiger partial charge < -0.3 is 10.1 Å². The van der Waals surface area contributed by atoms with Gasteiger partial charge in [-0.3, -0.25) is 4.79 Å². The van der Waals surface area contributed by atoms with Crippen molar-refractivity contribution in [3.05, 3.63) is 65.1 Å². The summed E-state index contributed by atoms with van der Waals surface area (Å²) in [5, 5.41) is 3.55. The summed E-state index contributed by atoms with van der Waals surface area (Å²) in [6.45, 7) is 8.01. The number of ether oxygens (including phenoxy) is 1. The van der Waals surface area contributed by atoms with E-state index in [2.05, 4.69) is 15.3 Å². The Morgan fingerprint density at radius 2 is 1.83 bits per heavy atom. The minimum Gasteiger partial charge on any atom is -0.494 e. The van der Waals surface area contributed by atoms with E-state index >= 15 is 0 Å². The van der Waals surface area contributed by atoms with E-state index in [-0.39, 0.29) is 22.5 Å². The number of fused-ring (bicyclic) bond motifs is 1. The lowest BCUT2D eigenvalue weighted by atomic mass is 9.91. The zero-order chi connectivity index (χ0) is 21.2. The van der Waals surface area contributed by atoms with E-state index in [1.54, 1.807) is 18.1 Å². The summed E-state index contributed by atoms with van der Waals surface area (Å²) in [5.74, 6) is 1.64. The van der Waals surface area contributed by atoms with E-state index in [0.29, 0.717) is 11.3 Å². The van der Waals surface area contributed by atoms with Gasteiger partial charge in [0.15, 0.2) is 11.6 Å². The van der Waals surface area contributed by atoms with Crippen molar-refractivity contribution in [2.45, 2.75) is 33.1 Å². The van der Waals surface area contributed by atoms with Crippen molar-refractivity contribution in [2.75, 3.05) is 7.11 Å². The van der Waals surface area contributed by atoms with Crippen LogP contribution in [0.5, 0.6) is 5.75 Å². The van der Waals surface area contributed by atoms with Gasteiger partial charge in [0.2, 0.25) is 0 Å². The molecular formula is C23H23N3O3. The molecule has 2 heterocycles. The molecular weight excluding hydrogens is 366 g/mol. The largest absolute Gasteiger partial charge is 0.494 e. The fourth-order valence-corrected chi connectivity index (χ4v) is 2.95. The fraction of sp³-hybridized carbons (Fsp3) is 0.261. The number of methoxy groups -OCH3 is 1. The van der Waals surface area contributed by atoms with Crippen LogP contribution in [0.1, 0.15) is 48.2 Å². The number of hydrogen-bond donors (Lipinski definition) is 1. The molecule has 0 saturated carbocycles. The first-order valence-corrected chi connectivity index (χ1v) is 9.23. The number of nitrogens with zero attached hydrogens (tertiary/aromatic N) is 2. The van der Waals surface area contributed by atoms with Gasteiger partial charge in [-0.15, -0.1) is 0 Å². The standard InChI is InChI=1S/C23H23N3O3/c1-14-7-6-8-16-15(14)9-10-17(24-16)22(28)25-18(13-27)21-19(29-5)11-12-20(26-21)23(2,3)4/h6-12H,1-5H3,(H,25,28). The molecule has 0 saturated heterocycles. The Morgan fingerprint density at radius 3 is 2.48 bits per heavy atom. The van der Waals surface area contributed by atoms with Crippen molar-refractivity contribution < 1.29 is 14.3 Å². The topological polar surface area (TPSA) is 81.2 Å². The Bertz CT molecular complexity index is 1140. The zero-order valence-corrected chi connectivity index (χ0v) is 17.2. The van der Waals surface area contributed by atoms with Crippen molar-refractivity contribution in [3.63, 3.8) is 0 Å². The molecule has 0 fully saturated rings. The maximum Gasteiger partial charge on any atom is 0.274 e. The molecule has 148 valence electrons. The molecule has 0 aliphatic rings. The third-order valence-electron chi connectivity index (χ3n) is 4.61. The van der Waals surface area contributed by atoms with E-state index in [0.717, 1.165) is 16.6 Å². The molecule has 3 aromatic rings. The van der Waals surface area contributed by atoms with Crippen LogP contribution in [-0.2, 0) is 10.2 Å². The second-order valence-electron chi connectivity index (χ2n) is 7.77. The smallest absolute Gasteiger partial charge is 0.274 e. The summed E-state index contributed by atoms with van der Waals surface area (Å²) in [7, 11) is 1.48. The van der Waals surface area contributed by atoms with Gasteiger partial charge in [-0.25, -0.2) is 14.8 Å². The molecule has 1 amide bonds. The zero-order valence-electron chi connectivity index (χ0n) is 17.2. The lowest BCUT2D eigenvalue weighted by molar-refractivity contribution is 0.0969. The first-order valence-electron chi connectivity index (χ1n) is 9.23. The molecule has 0 unspecified atom stereocenters. The van der Waals surface area contributed by atoms with Crippen molar-refractivity contribution >= 4 is 28.4 Å². The van der Waals surface area contributed by atoms with E-state index in [4.69, 9.17) is 4.74 Å². The van der Waals surface area contributed by atoms with Crippen LogP contribution in [0.4, 0.5) is 0 Å². The predicted molar refractivity (Wildman–Crippen MR) is 113 cm³/mol. The van der Waals surface area contributed by atoms with E-state index in [9.17, 15) is 9.59 Å². The molecule has 0 atom stereocenters. The lowest BCUT2D eigenvalue weighted by Gasteiger charge is -2.20. The van der Waals surface area contributed by atoms with Gasteiger partial charge in [-0.2, -0.15) is 0 Å². The summed E-state index contributed by atoms with van der Waals surface area (Å²) in [6.07, 6.45) is 0. The summed E-state index contributed by atoms with van der Waals surface area (Å²) in [6, 6.07) is 12.7. The van der Waals surface area contributed by atoms with Crippen LogP contribution in [0.15, 0.2) is 42.5 Å². The highest BCUT2D eigenvalue weighted by Crippen LogP contribution is 2.27. The first-order chi connectivity index (χ1) is 13.7. The molecule has 0 radical (unpaired) electrons. The summed E-state index contributed by atoms with van der Waals surface area (Å²) < 4.78 is 5.32. The van der Waals surface area contributed by atoms with Crippen molar-refractivity contribution in [3.8, 4) is 5.75 Å². The Morgan fingerprint density at radius 1 is 1.07 bits per heavy atom. The number of aryl methyl sites for hydroxylation is 1. The number of amides is 1. The fourth-order valence-electron chi connectivity index (χ4n) is 2.95. The second-order valence-corrected chi connectivity index (χ2v) is 7.77. The molecule has 29 heavy (non-hydrogen) atoms. The summed E-state index contributed by atoms with van der Waals surface area (Å²) in [5.41, 5.74) is 2.64. The van der Waals surface area contributed by atoms with Gasteiger partial charge in [-0.05, 0) is 36.8 Å². The van der Waals surface area contributed by atoms with Crippen LogP contribution < -0.4 is 10.1 Å². The van der Waals surface area contributed by atoms with Gasteiger partial charge in [0.1, 0.15) is 17.1 Å². The van der Waals surface area contributed by atoms with Gasteiger partial charge in [-0.1, -0.05) is 39.0 Å². The Hall–Kier alpha value is -3.50. The molecule has 1 aromatic carbocycles. The second kappa shape index (κ2) is 7.86. The van der Waals surface area contributed by atoms with Crippen LogP contribution in [0.25, 0.3) is 16.6 Å². The maximum atomic E-state index is 12.8. The number of hydrogen-bond acceptors (Lipinski definition) is 5. The molecule has 1 N–H and O–H groups in total. The monoisotopic (exact) mass is 389 g/mol. The van der Waals surface area contributed by atoms with Gasteiger partial charge in [0.05, 0.1) is 12.6 Å². The van der Waals surface area contributed by atoms with E-state index in [1.165, 1.54) is 7.11 Å². The first kappa shape index (κ1) is 20.2. The highest BCUT2D eigenvalue weighted by Gasteiger charge is 2.22. The van der Waals surface area contributed by atoms with E-state index < -0.39 is 5.91 Å². The molecule has 0 bridgehead atoms. The summed E-state index contributed by atoms with van der Waals surface area (Å²) in [4.78, 5) is 33.4. The highest BCUT2D eigenvalue weighted by molar-refractivity contribution is 6.04. The molecule has 2 aromatic heterocycles. The molecule has 6 heteroatoms. The van der Waals surface area contributed by atoms with Crippen molar-refractivity contribution in [1.82, 2.24) is 15.3 Å². The number of rotatable bonds is 4. The molecule has 3 rings (SSSR count). The normalized spacial score (nSPS) is 11.1. The van der Waals surface area contributed by atoms with Gasteiger partial charge in [0.25, 0.3) is 5.91 Å². The minimum atomic E-state index is -0.517. The quantitative estimate of drug-likeness (QED) is 0.686. The SMILES string of the molecule is COc1ccc(C(C)(C)C)nc1C(=C=O)NC(=O)c1ccc2c(C)cccc2n1. The third kappa shape index (κ3) is 4.18. The lowest BCUT2D eigenvalue weighted by Crippen LogP contribution is -2.25. The van der Waals surface area contributed by atoms with Gasteiger partial charge in [0, 0.05) is 16.5 Å². The van der Waals surface area contributed by atoms with Gasteiger partial charge >= 0.3 is 0 Å². The van der Waals surface area contributed by atoms with Crippen LogP contribution in [-0.4, -0.2) is 28.9 Å². The average molecular weight is 389 g/mol. The third-order valence-corrected chi connectivity index (χ3v) is 4.61. The number of aromatic nitrogens is 2. The number of carbonyl (C=O) groups is 1. The van der Waals surface area contributed by atoms with Crippen LogP contribution >= 0.6 is 0 Å². The highest BCUT2D eigenvalue weighted by atomic mass is 16.5. The number of pyridine rings is 2. The minimum absolute atomic E-state index is 0.0934. The number of benzene rings is 1. The molecule has 0 aliphatic carbocycles. The molecule has 6 nitrogen and oxygen atoms in total. The molecule has 0 spiro atoms. The van der Waals surface area contributed by atoms with E-state index in [1.807, 2.05) is 58.0 Å². The van der Waals surface area contributed by atoms with Crippen LogP contribution in [0, 0.1) is 6.92 Å². The van der Waals surface area contributed by atoms with Crippen molar-refractivity contribution in [1.29, 1.82) is 0 Å². The Labute approximate surface area is 169 Å². The van der Waals surface area contributed by atoms with Crippen molar-refractivity contribution in [2.24, 2.45) is 0 Å². The maximum absolute atomic E-state index is 12.8. The predicted octanol–water partition coefficient (Wildman–Crippen LogP) is 3.85.